The van der Waals surface area contributed by atoms with Crippen molar-refractivity contribution >= 4 is 11.8 Å². The number of hydrogen-bond acceptors (Lipinski definition) is 5. The zero-order valence-electron chi connectivity index (χ0n) is 14.5. The Morgan fingerprint density at radius 2 is 2.24 bits per heavy atom. The summed E-state index contributed by atoms with van der Waals surface area (Å²) < 4.78 is 5.25. The number of aromatic nitrogens is 1. The van der Waals surface area contributed by atoms with E-state index in [1.807, 2.05) is 31.3 Å². The van der Waals surface area contributed by atoms with E-state index in [2.05, 4.69) is 27.3 Å². The molecule has 0 saturated carbocycles. The summed E-state index contributed by atoms with van der Waals surface area (Å²) in [5, 5.41) is 3.44. The molecule has 1 saturated heterocycles. The van der Waals surface area contributed by atoms with Crippen molar-refractivity contribution in [3.63, 3.8) is 0 Å². The van der Waals surface area contributed by atoms with Crippen molar-refractivity contribution in [1.29, 1.82) is 0 Å². The fourth-order valence-corrected chi connectivity index (χ4v) is 3.56. The monoisotopic (exact) mass is 337 g/mol. The van der Waals surface area contributed by atoms with Gasteiger partial charge in [0.15, 0.2) is 0 Å². The molecule has 1 fully saturated rings. The van der Waals surface area contributed by atoms with Crippen LogP contribution in [0, 0.1) is 12.8 Å². The van der Waals surface area contributed by atoms with E-state index in [1.165, 1.54) is 17.5 Å². The maximum absolute atomic E-state index is 11.4. The topological polar surface area (TPSA) is 54.5 Å². The molecule has 3 heterocycles. The van der Waals surface area contributed by atoms with Gasteiger partial charge in [0.2, 0.25) is 0 Å². The van der Waals surface area contributed by atoms with Crippen LogP contribution < -0.4 is 10.1 Å². The van der Waals surface area contributed by atoms with E-state index in [0.29, 0.717) is 12.3 Å². The molecular formula is C20H23N3O2. The number of benzene rings is 1. The van der Waals surface area contributed by atoms with E-state index in [9.17, 15) is 4.79 Å². The Labute approximate surface area is 148 Å². The van der Waals surface area contributed by atoms with Gasteiger partial charge in [0, 0.05) is 31.4 Å². The molecular weight excluding hydrogens is 314 g/mol. The number of nitrogens with zero attached hydrogens (tertiary/aromatic N) is 2. The number of rotatable bonds is 5. The van der Waals surface area contributed by atoms with E-state index >= 15 is 0 Å². The summed E-state index contributed by atoms with van der Waals surface area (Å²) >= 11 is 0. The van der Waals surface area contributed by atoms with Crippen LogP contribution in [0.5, 0.6) is 5.75 Å². The van der Waals surface area contributed by atoms with Gasteiger partial charge in [-0.25, -0.2) is 4.98 Å². The molecule has 0 unspecified atom stereocenters. The smallest absolute Gasteiger partial charge is 0.315 e. The fraction of sp³-hybridized carbons (Fsp3) is 0.400. The maximum Gasteiger partial charge on any atom is 0.315 e. The first-order valence-electron chi connectivity index (χ1n) is 8.87. The average Bonchev–Trinajstić information content (AvgIpc) is 3.19. The summed E-state index contributed by atoms with van der Waals surface area (Å²) in [4.78, 5) is 18.2. The van der Waals surface area contributed by atoms with Crippen LogP contribution in [0.3, 0.4) is 0 Å². The number of aryl methyl sites for hydroxylation is 1. The van der Waals surface area contributed by atoms with Gasteiger partial charge in [0.05, 0.1) is 6.42 Å². The average molecular weight is 337 g/mol. The predicted octanol–water partition coefficient (Wildman–Crippen LogP) is 2.79. The second-order valence-corrected chi connectivity index (χ2v) is 7.08. The van der Waals surface area contributed by atoms with Gasteiger partial charge in [-0.05, 0) is 49.1 Å². The predicted molar refractivity (Wildman–Crippen MR) is 96.6 cm³/mol. The Balaban J connectivity index is 1.29. The van der Waals surface area contributed by atoms with Crippen molar-refractivity contribution in [2.24, 2.45) is 5.92 Å². The van der Waals surface area contributed by atoms with Crippen molar-refractivity contribution in [2.75, 3.05) is 25.0 Å². The highest BCUT2D eigenvalue weighted by Crippen LogP contribution is 2.28. The zero-order valence-corrected chi connectivity index (χ0v) is 14.5. The lowest BCUT2D eigenvalue weighted by Gasteiger charge is -2.17. The summed E-state index contributed by atoms with van der Waals surface area (Å²) in [6, 6.07) is 10.3. The summed E-state index contributed by atoms with van der Waals surface area (Å²) in [5.41, 5.74) is 3.39. The van der Waals surface area contributed by atoms with E-state index in [1.54, 1.807) is 0 Å². The Bertz CT molecular complexity index is 773. The molecule has 1 aromatic carbocycles. The number of nitrogens with one attached hydrogen (secondary N) is 1. The fourth-order valence-electron chi connectivity index (χ4n) is 3.56. The third-order valence-corrected chi connectivity index (χ3v) is 4.95. The highest BCUT2D eigenvalue weighted by atomic mass is 16.5. The molecule has 1 N–H and O–H groups in total. The molecule has 4 rings (SSSR count). The molecule has 0 aliphatic carbocycles. The number of carbonyl (C=O) groups is 1. The Morgan fingerprint density at radius 1 is 1.32 bits per heavy atom. The number of fused-ring (bicyclic) bond motifs is 1. The van der Waals surface area contributed by atoms with Crippen molar-refractivity contribution in [1.82, 2.24) is 9.88 Å². The molecule has 0 spiro atoms. The molecule has 130 valence electrons. The van der Waals surface area contributed by atoms with Crippen LogP contribution in [-0.2, 0) is 17.8 Å². The van der Waals surface area contributed by atoms with Gasteiger partial charge in [-0.3, -0.25) is 9.69 Å². The van der Waals surface area contributed by atoms with E-state index in [-0.39, 0.29) is 5.97 Å². The second kappa shape index (κ2) is 6.84. The minimum Gasteiger partial charge on any atom is -0.426 e. The van der Waals surface area contributed by atoms with Gasteiger partial charge in [0.25, 0.3) is 0 Å². The second-order valence-electron chi connectivity index (χ2n) is 7.08. The molecule has 2 aliphatic rings. The highest BCUT2D eigenvalue weighted by molar-refractivity contribution is 5.81. The lowest BCUT2D eigenvalue weighted by Crippen LogP contribution is -2.22. The number of hydrogen-bond donors (Lipinski definition) is 1. The number of anilines is 1. The minimum atomic E-state index is -0.149. The molecule has 5 heteroatoms. The summed E-state index contributed by atoms with van der Waals surface area (Å²) in [6.07, 6.45) is 3.49. The molecule has 0 bridgehead atoms. The number of carbonyl (C=O) groups excluding carboxylic acids is 1. The SMILES string of the molecule is Cc1ccc(NC[C@@H]2CCN(Cc3ccc4c(c3)OC(=O)C4)C2)nc1. The van der Waals surface area contributed by atoms with Gasteiger partial charge in [-0.15, -0.1) is 0 Å². The summed E-state index contributed by atoms with van der Waals surface area (Å²) in [7, 11) is 0. The third kappa shape index (κ3) is 3.82. The lowest BCUT2D eigenvalue weighted by atomic mass is 10.1. The van der Waals surface area contributed by atoms with Crippen LogP contribution >= 0.6 is 0 Å². The van der Waals surface area contributed by atoms with Crippen molar-refractivity contribution < 1.29 is 9.53 Å². The number of ether oxygens (including phenoxy) is 1. The van der Waals surface area contributed by atoms with Crippen LogP contribution in [0.25, 0.3) is 0 Å². The van der Waals surface area contributed by atoms with E-state index < -0.39 is 0 Å². The van der Waals surface area contributed by atoms with Gasteiger partial charge < -0.3 is 10.1 Å². The summed E-state index contributed by atoms with van der Waals surface area (Å²) in [5.74, 6) is 2.18. The molecule has 0 amide bonds. The molecule has 2 aromatic rings. The first-order valence-corrected chi connectivity index (χ1v) is 8.87. The van der Waals surface area contributed by atoms with Gasteiger partial charge in [-0.2, -0.15) is 0 Å². The highest BCUT2D eigenvalue weighted by Gasteiger charge is 2.24. The normalized spacial score (nSPS) is 19.7. The van der Waals surface area contributed by atoms with E-state index in [4.69, 9.17) is 4.74 Å². The van der Waals surface area contributed by atoms with Crippen molar-refractivity contribution in [2.45, 2.75) is 26.3 Å². The third-order valence-electron chi connectivity index (χ3n) is 4.95. The van der Waals surface area contributed by atoms with Crippen molar-refractivity contribution in [3.8, 4) is 5.75 Å². The maximum atomic E-state index is 11.4. The van der Waals surface area contributed by atoms with Crippen molar-refractivity contribution in [3.05, 3.63) is 53.2 Å². The van der Waals surface area contributed by atoms with Gasteiger partial charge >= 0.3 is 5.97 Å². The molecule has 1 atom stereocenters. The van der Waals surface area contributed by atoms with Gasteiger partial charge in [-0.1, -0.05) is 18.2 Å². The van der Waals surface area contributed by atoms with Crippen LogP contribution in [0.15, 0.2) is 36.5 Å². The molecule has 0 radical (unpaired) electrons. The minimum absolute atomic E-state index is 0.149. The van der Waals surface area contributed by atoms with E-state index in [0.717, 1.165) is 43.3 Å². The van der Waals surface area contributed by atoms with Crippen LogP contribution in [0.2, 0.25) is 0 Å². The first kappa shape index (κ1) is 16.1. The first-order chi connectivity index (χ1) is 12.2. The largest absolute Gasteiger partial charge is 0.426 e. The molecule has 5 nitrogen and oxygen atoms in total. The molecule has 2 aliphatic heterocycles. The number of pyridine rings is 1. The standard InChI is InChI=1S/C20H23N3O2/c1-14-2-5-19(21-10-14)22-11-16-6-7-23(13-16)12-15-3-4-17-9-20(24)25-18(17)8-15/h2-5,8,10,16H,6-7,9,11-13H2,1H3,(H,21,22)/t16-/m0/s1. The van der Waals surface area contributed by atoms with Gasteiger partial charge in [0.1, 0.15) is 11.6 Å². The Hall–Kier alpha value is -2.40. The number of esters is 1. The Morgan fingerprint density at radius 3 is 3.08 bits per heavy atom. The van der Waals surface area contributed by atoms with Crippen LogP contribution in [-0.4, -0.2) is 35.5 Å². The quantitative estimate of drug-likeness (QED) is 0.672. The summed E-state index contributed by atoms with van der Waals surface area (Å²) in [6.45, 7) is 6.09. The molecule has 1 aromatic heterocycles. The zero-order chi connectivity index (χ0) is 17.2. The Kier molecular flexibility index (Phi) is 4.40. The lowest BCUT2D eigenvalue weighted by molar-refractivity contribution is -0.131. The van der Waals surface area contributed by atoms with Crippen LogP contribution in [0.4, 0.5) is 5.82 Å². The van der Waals surface area contributed by atoms with Crippen LogP contribution in [0.1, 0.15) is 23.1 Å². The number of likely N-dealkylation sites (tertiary alicyclic amines) is 1. The molecule has 25 heavy (non-hydrogen) atoms.